The fraction of sp³-hybridized carbons (Fsp3) is 0.286. The van der Waals surface area contributed by atoms with E-state index in [0.717, 1.165) is 23.1 Å². The number of pyridine rings is 1. The first kappa shape index (κ1) is 17.3. The number of carbonyl (C=O) groups is 2. The standard InChI is InChI=1S/C21H22N4O2/c26-19(23-12-7-16-14-24-18-4-2-1-3-17(16)18)21(8-9-21)20(27)25-13-15-5-10-22-11-6-15/h1-6,10-11,14,24H,7-9,12-13H2,(H,23,26)(H,25,27). The molecule has 6 nitrogen and oxygen atoms in total. The molecule has 1 aliphatic rings. The maximum absolute atomic E-state index is 12.6. The Balaban J connectivity index is 1.30. The lowest BCUT2D eigenvalue weighted by Crippen LogP contribution is -2.43. The zero-order chi connectivity index (χ0) is 18.7. The number of nitrogens with zero attached hydrogens (tertiary/aromatic N) is 1. The summed E-state index contributed by atoms with van der Waals surface area (Å²) in [7, 11) is 0. The summed E-state index contributed by atoms with van der Waals surface area (Å²) in [6.45, 7) is 0.922. The topological polar surface area (TPSA) is 86.9 Å². The number of amides is 2. The van der Waals surface area contributed by atoms with Crippen molar-refractivity contribution in [2.75, 3.05) is 6.54 Å². The van der Waals surface area contributed by atoms with Crippen molar-refractivity contribution in [2.45, 2.75) is 25.8 Å². The van der Waals surface area contributed by atoms with Crippen molar-refractivity contribution in [1.82, 2.24) is 20.6 Å². The summed E-state index contributed by atoms with van der Waals surface area (Å²) in [5.41, 5.74) is 2.33. The number of H-pyrrole nitrogens is 1. The third kappa shape index (κ3) is 3.56. The first-order valence-electron chi connectivity index (χ1n) is 9.19. The van der Waals surface area contributed by atoms with Crippen LogP contribution in [0, 0.1) is 5.41 Å². The van der Waals surface area contributed by atoms with E-state index < -0.39 is 5.41 Å². The number of rotatable bonds is 7. The molecule has 0 spiro atoms. The van der Waals surface area contributed by atoms with Gasteiger partial charge in [0.05, 0.1) is 0 Å². The van der Waals surface area contributed by atoms with Gasteiger partial charge in [-0.3, -0.25) is 14.6 Å². The molecule has 1 aliphatic carbocycles. The Morgan fingerprint density at radius 3 is 2.56 bits per heavy atom. The Hall–Kier alpha value is -3.15. The fourth-order valence-corrected chi connectivity index (χ4v) is 3.35. The van der Waals surface area contributed by atoms with E-state index >= 15 is 0 Å². The molecule has 138 valence electrons. The molecule has 0 bridgehead atoms. The van der Waals surface area contributed by atoms with Crippen LogP contribution in [0.4, 0.5) is 0 Å². The van der Waals surface area contributed by atoms with E-state index in [9.17, 15) is 9.59 Å². The van der Waals surface area contributed by atoms with Crippen LogP contribution in [0.3, 0.4) is 0 Å². The van der Waals surface area contributed by atoms with Crippen molar-refractivity contribution in [3.63, 3.8) is 0 Å². The average Bonchev–Trinajstić information content (AvgIpc) is 3.43. The molecule has 3 aromatic rings. The van der Waals surface area contributed by atoms with E-state index in [1.165, 1.54) is 5.39 Å². The first-order valence-corrected chi connectivity index (χ1v) is 9.19. The molecule has 3 N–H and O–H groups in total. The predicted molar refractivity (Wildman–Crippen MR) is 103 cm³/mol. The molecule has 0 radical (unpaired) electrons. The second-order valence-corrected chi connectivity index (χ2v) is 6.99. The van der Waals surface area contributed by atoms with E-state index in [1.807, 2.05) is 36.5 Å². The highest BCUT2D eigenvalue weighted by Gasteiger charge is 2.56. The summed E-state index contributed by atoms with van der Waals surface area (Å²) in [5.74, 6) is -0.363. The van der Waals surface area contributed by atoms with E-state index in [0.29, 0.717) is 25.9 Å². The van der Waals surface area contributed by atoms with E-state index in [2.05, 4.69) is 26.7 Å². The van der Waals surface area contributed by atoms with Crippen molar-refractivity contribution < 1.29 is 9.59 Å². The summed E-state index contributed by atoms with van der Waals surface area (Å²) >= 11 is 0. The van der Waals surface area contributed by atoms with Crippen molar-refractivity contribution in [3.05, 3.63) is 66.1 Å². The van der Waals surface area contributed by atoms with Gasteiger partial charge in [0.15, 0.2) is 0 Å². The van der Waals surface area contributed by atoms with Gasteiger partial charge in [-0.25, -0.2) is 0 Å². The molecule has 6 heteroatoms. The van der Waals surface area contributed by atoms with Crippen LogP contribution in [0.15, 0.2) is 55.0 Å². The van der Waals surface area contributed by atoms with Crippen molar-refractivity contribution in [1.29, 1.82) is 0 Å². The van der Waals surface area contributed by atoms with Crippen molar-refractivity contribution in [2.24, 2.45) is 5.41 Å². The van der Waals surface area contributed by atoms with Gasteiger partial charge >= 0.3 is 0 Å². The summed E-state index contributed by atoms with van der Waals surface area (Å²) < 4.78 is 0. The summed E-state index contributed by atoms with van der Waals surface area (Å²) in [4.78, 5) is 32.3. The molecule has 1 aromatic carbocycles. The van der Waals surface area contributed by atoms with Gasteiger partial charge in [0.2, 0.25) is 11.8 Å². The molecular weight excluding hydrogens is 340 g/mol. The molecule has 0 unspecified atom stereocenters. The monoisotopic (exact) mass is 362 g/mol. The molecule has 0 saturated heterocycles. The Kier molecular flexibility index (Phi) is 4.62. The molecule has 2 aromatic heterocycles. The number of fused-ring (bicyclic) bond motifs is 1. The van der Waals surface area contributed by atoms with Gasteiger partial charge in [0.1, 0.15) is 5.41 Å². The molecule has 4 rings (SSSR count). The molecule has 27 heavy (non-hydrogen) atoms. The molecule has 2 amide bonds. The normalized spacial score (nSPS) is 14.7. The fourth-order valence-electron chi connectivity index (χ4n) is 3.35. The minimum absolute atomic E-state index is 0.172. The summed E-state index contributed by atoms with van der Waals surface area (Å²) in [6.07, 6.45) is 7.29. The van der Waals surface area contributed by atoms with Gasteiger partial charge in [-0.1, -0.05) is 18.2 Å². The third-order valence-corrected chi connectivity index (χ3v) is 5.18. The van der Waals surface area contributed by atoms with Crippen LogP contribution in [-0.4, -0.2) is 28.3 Å². The number of nitrogens with one attached hydrogen (secondary N) is 3. The number of hydrogen-bond donors (Lipinski definition) is 3. The predicted octanol–water partition coefficient (Wildman–Crippen LogP) is 2.32. The SMILES string of the molecule is O=C(NCCc1c[nH]c2ccccc12)C1(C(=O)NCc2ccncc2)CC1. The Morgan fingerprint density at radius 1 is 1.04 bits per heavy atom. The minimum Gasteiger partial charge on any atom is -0.361 e. The van der Waals surface area contributed by atoms with Gasteiger partial charge < -0.3 is 15.6 Å². The van der Waals surface area contributed by atoms with Gasteiger partial charge in [-0.05, 0) is 48.6 Å². The van der Waals surface area contributed by atoms with Crippen LogP contribution in [0.25, 0.3) is 10.9 Å². The minimum atomic E-state index is -0.896. The molecule has 0 atom stereocenters. The summed E-state index contributed by atoms with van der Waals surface area (Å²) in [6, 6.07) is 11.8. The highest BCUT2D eigenvalue weighted by atomic mass is 16.2. The van der Waals surface area contributed by atoms with Crippen LogP contribution in [-0.2, 0) is 22.6 Å². The summed E-state index contributed by atoms with van der Waals surface area (Å²) in [5, 5.41) is 6.99. The van der Waals surface area contributed by atoms with Crippen LogP contribution < -0.4 is 10.6 Å². The molecule has 1 fully saturated rings. The van der Waals surface area contributed by atoms with Gasteiger partial charge in [-0.15, -0.1) is 0 Å². The number of aromatic amines is 1. The average molecular weight is 362 g/mol. The Morgan fingerprint density at radius 2 is 1.78 bits per heavy atom. The van der Waals surface area contributed by atoms with Gasteiger partial charge in [0.25, 0.3) is 0 Å². The van der Waals surface area contributed by atoms with Crippen LogP contribution in [0.2, 0.25) is 0 Å². The van der Waals surface area contributed by atoms with E-state index in [4.69, 9.17) is 0 Å². The lowest BCUT2D eigenvalue weighted by Gasteiger charge is -2.15. The van der Waals surface area contributed by atoms with E-state index in [1.54, 1.807) is 12.4 Å². The zero-order valence-electron chi connectivity index (χ0n) is 15.0. The Labute approximate surface area is 157 Å². The molecule has 0 aliphatic heterocycles. The van der Waals surface area contributed by atoms with E-state index in [-0.39, 0.29) is 11.8 Å². The highest BCUT2D eigenvalue weighted by molar-refractivity contribution is 6.07. The van der Waals surface area contributed by atoms with Crippen molar-refractivity contribution in [3.8, 4) is 0 Å². The highest BCUT2D eigenvalue weighted by Crippen LogP contribution is 2.46. The maximum atomic E-state index is 12.6. The second-order valence-electron chi connectivity index (χ2n) is 6.99. The van der Waals surface area contributed by atoms with Crippen LogP contribution in [0.5, 0.6) is 0 Å². The second kappa shape index (κ2) is 7.23. The lowest BCUT2D eigenvalue weighted by atomic mass is 10.0. The first-order chi connectivity index (χ1) is 13.2. The van der Waals surface area contributed by atoms with Gasteiger partial charge in [-0.2, -0.15) is 0 Å². The molecule has 2 heterocycles. The third-order valence-electron chi connectivity index (χ3n) is 5.18. The number of benzene rings is 1. The lowest BCUT2D eigenvalue weighted by molar-refractivity contribution is -0.137. The largest absolute Gasteiger partial charge is 0.361 e. The number of carbonyl (C=O) groups excluding carboxylic acids is 2. The van der Waals surface area contributed by atoms with Crippen molar-refractivity contribution >= 4 is 22.7 Å². The number of para-hydroxylation sites is 1. The van der Waals surface area contributed by atoms with Crippen LogP contribution >= 0.6 is 0 Å². The zero-order valence-corrected chi connectivity index (χ0v) is 15.0. The maximum Gasteiger partial charge on any atom is 0.235 e. The van der Waals surface area contributed by atoms with Crippen LogP contribution in [0.1, 0.15) is 24.0 Å². The quantitative estimate of drug-likeness (QED) is 0.564. The Bertz CT molecular complexity index is 960. The molecular formula is C21H22N4O2. The van der Waals surface area contributed by atoms with Gasteiger partial charge in [0, 0.05) is 42.6 Å². The number of aromatic nitrogens is 2. The smallest absolute Gasteiger partial charge is 0.235 e. The molecule has 1 saturated carbocycles. The number of hydrogen-bond acceptors (Lipinski definition) is 3.